The lowest BCUT2D eigenvalue weighted by Gasteiger charge is -2.12. The van der Waals surface area contributed by atoms with Gasteiger partial charge in [-0.05, 0) is 24.3 Å². The molecule has 0 unspecified atom stereocenters. The van der Waals surface area contributed by atoms with E-state index in [-0.39, 0.29) is 4.90 Å². The molecule has 2 aromatic rings. The highest BCUT2D eigenvalue weighted by Crippen LogP contribution is 2.16. The number of hydrogen-bond donors (Lipinski definition) is 1. The molecule has 7 heteroatoms. The van der Waals surface area contributed by atoms with Crippen molar-refractivity contribution in [1.29, 1.82) is 0 Å². The molecule has 1 aromatic carbocycles. The first-order valence-corrected chi connectivity index (χ1v) is 7.44. The van der Waals surface area contributed by atoms with E-state index in [0.717, 1.165) is 11.3 Å². The third-order valence-corrected chi connectivity index (χ3v) is 4.57. The number of aromatic nitrogens is 2. The summed E-state index contributed by atoms with van der Waals surface area (Å²) in [6, 6.07) is 6.64. The molecule has 0 aliphatic rings. The van der Waals surface area contributed by atoms with E-state index >= 15 is 0 Å². The molecule has 0 amide bonds. The quantitative estimate of drug-likeness (QED) is 0.900. The highest BCUT2D eigenvalue weighted by molar-refractivity contribution is 7.89. The lowest BCUT2D eigenvalue weighted by Crippen LogP contribution is -2.22. The average Bonchev–Trinajstić information content (AvgIpc) is 2.46. The van der Waals surface area contributed by atoms with Gasteiger partial charge in [0.1, 0.15) is 6.33 Å². The molecule has 1 heterocycles. The third kappa shape index (κ3) is 3.31. The highest BCUT2D eigenvalue weighted by Gasteiger charge is 2.16. The zero-order valence-corrected chi connectivity index (χ0v) is 12.1. The largest absolute Gasteiger partial charge is 0.381 e. The van der Waals surface area contributed by atoms with Crippen molar-refractivity contribution in [2.45, 2.75) is 11.4 Å². The number of sulfonamides is 1. The predicted octanol–water partition coefficient (Wildman–Crippen LogP) is 1.34. The summed E-state index contributed by atoms with van der Waals surface area (Å²) >= 11 is 0. The Morgan fingerprint density at radius 2 is 1.70 bits per heavy atom. The molecule has 0 fully saturated rings. The van der Waals surface area contributed by atoms with Crippen LogP contribution in [0.3, 0.4) is 0 Å². The second-order valence-electron chi connectivity index (χ2n) is 4.41. The van der Waals surface area contributed by atoms with Gasteiger partial charge in [0.05, 0.1) is 4.90 Å². The van der Waals surface area contributed by atoms with Crippen molar-refractivity contribution in [1.82, 2.24) is 14.3 Å². The Balaban J connectivity index is 2.06. The van der Waals surface area contributed by atoms with Crippen molar-refractivity contribution in [2.24, 2.45) is 0 Å². The predicted molar refractivity (Wildman–Crippen MR) is 76.7 cm³/mol. The second kappa shape index (κ2) is 5.98. The second-order valence-corrected chi connectivity index (χ2v) is 6.56. The minimum absolute atomic E-state index is 0.274. The molecule has 0 bridgehead atoms. The first kappa shape index (κ1) is 14.4. The molecule has 0 spiro atoms. The van der Waals surface area contributed by atoms with Gasteiger partial charge in [0.25, 0.3) is 0 Å². The smallest absolute Gasteiger partial charge is 0.242 e. The van der Waals surface area contributed by atoms with Gasteiger partial charge >= 0.3 is 0 Å². The first-order chi connectivity index (χ1) is 9.50. The molecule has 0 saturated carbocycles. The van der Waals surface area contributed by atoms with Crippen LogP contribution in [0.15, 0.2) is 47.9 Å². The Labute approximate surface area is 118 Å². The maximum absolute atomic E-state index is 11.9. The summed E-state index contributed by atoms with van der Waals surface area (Å²) in [5.41, 5.74) is 1.80. The molecular weight excluding hydrogens is 276 g/mol. The van der Waals surface area contributed by atoms with Crippen molar-refractivity contribution >= 4 is 15.7 Å². The zero-order chi connectivity index (χ0) is 14.6. The molecule has 20 heavy (non-hydrogen) atoms. The number of anilines is 1. The van der Waals surface area contributed by atoms with Gasteiger partial charge in [-0.3, -0.25) is 0 Å². The SMILES string of the molecule is CN(C)S(=O)(=O)c1ccc(NCc2cncnc2)cc1. The Kier molecular flexibility index (Phi) is 4.31. The topological polar surface area (TPSA) is 75.2 Å². The van der Waals surface area contributed by atoms with Crippen LogP contribution in [0.25, 0.3) is 0 Å². The van der Waals surface area contributed by atoms with Gasteiger partial charge in [0.2, 0.25) is 10.0 Å². The minimum atomic E-state index is -3.38. The standard InChI is InChI=1S/C13H16N4O2S/c1-17(2)20(18,19)13-5-3-12(4-6-13)16-9-11-7-14-10-15-8-11/h3-8,10,16H,9H2,1-2H3. The minimum Gasteiger partial charge on any atom is -0.381 e. The van der Waals surface area contributed by atoms with Gasteiger partial charge < -0.3 is 5.32 Å². The van der Waals surface area contributed by atoms with E-state index in [4.69, 9.17) is 0 Å². The van der Waals surface area contributed by atoms with Crippen LogP contribution in [0.1, 0.15) is 5.56 Å². The summed E-state index contributed by atoms with van der Waals surface area (Å²) in [6.45, 7) is 0.584. The van der Waals surface area contributed by atoms with Crippen molar-refractivity contribution in [3.63, 3.8) is 0 Å². The Morgan fingerprint density at radius 3 is 2.25 bits per heavy atom. The van der Waals surface area contributed by atoms with E-state index < -0.39 is 10.0 Å². The summed E-state index contributed by atoms with van der Waals surface area (Å²) in [5.74, 6) is 0. The van der Waals surface area contributed by atoms with Gasteiger partial charge in [-0.1, -0.05) is 0 Å². The third-order valence-electron chi connectivity index (χ3n) is 2.74. The molecule has 0 radical (unpaired) electrons. The highest BCUT2D eigenvalue weighted by atomic mass is 32.2. The lowest BCUT2D eigenvalue weighted by atomic mass is 10.3. The Morgan fingerprint density at radius 1 is 1.10 bits per heavy atom. The summed E-state index contributed by atoms with van der Waals surface area (Å²) in [5, 5.41) is 3.18. The molecule has 0 saturated heterocycles. The fourth-order valence-corrected chi connectivity index (χ4v) is 2.48. The maximum Gasteiger partial charge on any atom is 0.242 e. The van der Waals surface area contributed by atoms with Gasteiger partial charge in [-0.15, -0.1) is 0 Å². The van der Waals surface area contributed by atoms with Crippen LogP contribution in [-0.2, 0) is 16.6 Å². The van der Waals surface area contributed by atoms with E-state index in [1.54, 1.807) is 36.7 Å². The number of benzene rings is 1. The van der Waals surface area contributed by atoms with Crippen LogP contribution in [0.4, 0.5) is 5.69 Å². The van der Waals surface area contributed by atoms with E-state index in [1.165, 1.54) is 24.7 Å². The number of rotatable bonds is 5. The first-order valence-electron chi connectivity index (χ1n) is 6.00. The molecule has 0 aliphatic carbocycles. The lowest BCUT2D eigenvalue weighted by molar-refractivity contribution is 0.521. The van der Waals surface area contributed by atoms with Crippen LogP contribution in [-0.4, -0.2) is 36.8 Å². The summed E-state index contributed by atoms with van der Waals surface area (Å²) in [7, 11) is -0.354. The van der Waals surface area contributed by atoms with Crippen molar-refractivity contribution < 1.29 is 8.42 Å². The molecule has 106 valence electrons. The van der Waals surface area contributed by atoms with E-state index in [9.17, 15) is 8.42 Å². The Bertz CT molecular complexity index is 655. The van der Waals surface area contributed by atoms with Gasteiger partial charge in [-0.25, -0.2) is 22.7 Å². The fraction of sp³-hybridized carbons (Fsp3) is 0.231. The normalized spacial score (nSPS) is 11.6. The van der Waals surface area contributed by atoms with Crippen molar-refractivity contribution in [3.05, 3.63) is 48.5 Å². The van der Waals surface area contributed by atoms with Gasteiger partial charge in [0.15, 0.2) is 0 Å². The summed E-state index contributed by atoms with van der Waals surface area (Å²) < 4.78 is 25.0. The Hall–Kier alpha value is -1.99. The van der Waals surface area contributed by atoms with Crippen LogP contribution < -0.4 is 5.32 Å². The number of nitrogens with one attached hydrogen (secondary N) is 1. The van der Waals surface area contributed by atoms with Crippen LogP contribution in [0, 0.1) is 0 Å². The zero-order valence-electron chi connectivity index (χ0n) is 11.3. The molecule has 0 aliphatic heterocycles. The van der Waals surface area contributed by atoms with E-state index in [0.29, 0.717) is 6.54 Å². The monoisotopic (exact) mass is 292 g/mol. The van der Waals surface area contributed by atoms with Gasteiger partial charge in [-0.2, -0.15) is 0 Å². The maximum atomic E-state index is 11.9. The molecular formula is C13H16N4O2S. The van der Waals surface area contributed by atoms with Crippen LogP contribution in [0.2, 0.25) is 0 Å². The summed E-state index contributed by atoms with van der Waals surface area (Å²) in [6.07, 6.45) is 4.93. The van der Waals surface area contributed by atoms with Gasteiger partial charge in [0, 0.05) is 44.3 Å². The van der Waals surface area contributed by atoms with E-state index in [1.807, 2.05) is 0 Å². The van der Waals surface area contributed by atoms with Crippen LogP contribution in [0.5, 0.6) is 0 Å². The molecule has 1 aromatic heterocycles. The molecule has 0 atom stereocenters. The average molecular weight is 292 g/mol. The van der Waals surface area contributed by atoms with Crippen LogP contribution >= 0.6 is 0 Å². The molecule has 2 rings (SSSR count). The number of hydrogen-bond acceptors (Lipinski definition) is 5. The fourth-order valence-electron chi connectivity index (χ4n) is 1.58. The van der Waals surface area contributed by atoms with E-state index in [2.05, 4.69) is 15.3 Å². The van der Waals surface area contributed by atoms with Crippen molar-refractivity contribution in [2.75, 3.05) is 19.4 Å². The molecule has 1 N–H and O–H groups in total. The number of nitrogens with zero attached hydrogens (tertiary/aromatic N) is 3. The summed E-state index contributed by atoms with van der Waals surface area (Å²) in [4.78, 5) is 8.13. The van der Waals surface area contributed by atoms with Crippen molar-refractivity contribution in [3.8, 4) is 0 Å². The molecule has 6 nitrogen and oxygen atoms in total.